The van der Waals surface area contributed by atoms with E-state index < -0.39 is 15.0 Å². The van der Waals surface area contributed by atoms with Gasteiger partial charge in [-0.2, -0.15) is 0 Å². The first-order valence-electron chi connectivity index (χ1n) is 10.4. The van der Waals surface area contributed by atoms with Crippen LogP contribution in [0.2, 0.25) is 10.0 Å². The lowest BCUT2D eigenvalue weighted by molar-refractivity contribution is 0.463. The van der Waals surface area contributed by atoms with Gasteiger partial charge in [0.2, 0.25) is 0 Å². The second-order valence-corrected chi connectivity index (χ2v) is 11.8. The highest BCUT2D eigenvalue weighted by Gasteiger charge is 2.31. The Balaban J connectivity index is 0.000000229. The zero-order chi connectivity index (χ0) is 24.9. The van der Waals surface area contributed by atoms with Crippen LogP contribution in [0, 0.1) is 20.8 Å². The Bertz CT molecular complexity index is 1310. The van der Waals surface area contributed by atoms with Crippen LogP contribution in [0.3, 0.4) is 0 Å². The highest BCUT2D eigenvalue weighted by atomic mass is 35.5. The summed E-state index contributed by atoms with van der Waals surface area (Å²) in [6.07, 6.45) is 0. The number of aryl methyl sites for hydroxylation is 3. The first-order chi connectivity index (χ1) is 16.1. The van der Waals surface area contributed by atoms with E-state index in [2.05, 4.69) is 93.6 Å². The van der Waals surface area contributed by atoms with E-state index in [1.54, 1.807) is 0 Å². The van der Waals surface area contributed by atoms with E-state index in [0.717, 1.165) is 6.07 Å². The summed E-state index contributed by atoms with van der Waals surface area (Å²) in [5.74, 6) is 0. The van der Waals surface area contributed by atoms with Gasteiger partial charge in [-0.05, 0) is 63.2 Å². The summed E-state index contributed by atoms with van der Waals surface area (Å²) >= 11 is 10.9. The van der Waals surface area contributed by atoms with E-state index in [-0.39, 0.29) is 20.9 Å². The Morgan fingerprint density at radius 2 is 1.18 bits per heavy atom. The summed E-state index contributed by atoms with van der Waals surface area (Å²) in [5, 5.41) is 0.0447. The van der Waals surface area contributed by atoms with Crippen molar-refractivity contribution in [2.45, 2.75) is 40.4 Å². The minimum Gasteiger partial charge on any atom is -0.744 e. The van der Waals surface area contributed by atoms with E-state index in [0.29, 0.717) is 0 Å². The number of hydrogen-bond donors (Lipinski definition) is 0. The van der Waals surface area contributed by atoms with Gasteiger partial charge in [-0.25, -0.2) is 8.42 Å². The fourth-order valence-corrected chi connectivity index (χ4v) is 7.22. The Kier molecular flexibility index (Phi) is 8.85. The lowest BCUT2D eigenvalue weighted by atomic mass is 10.1. The van der Waals surface area contributed by atoms with Gasteiger partial charge in [-0.1, -0.05) is 77.3 Å². The van der Waals surface area contributed by atoms with Gasteiger partial charge < -0.3 is 4.55 Å². The van der Waals surface area contributed by atoms with Crippen molar-refractivity contribution in [2.24, 2.45) is 0 Å². The maximum Gasteiger partial charge on any atom is 0.172 e. The monoisotopic (exact) mass is 530 g/mol. The van der Waals surface area contributed by atoms with Gasteiger partial charge in [0, 0.05) is 16.1 Å². The Morgan fingerprint density at radius 1 is 0.706 bits per heavy atom. The van der Waals surface area contributed by atoms with Crippen LogP contribution in [0.15, 0.2) is 111 Å². The average molecular weight is 532 g/mol. The Labute approximate surface area is 214 Å². The molecule has 0 aliphatic rings. The van der Waals surface area contributed by atoms with E-state index in [9.17, 15) is 13.0 Å². The SMILES string of the molecule is Cc1cc(C)c([S+](c2ccccc2)c2ccccc2)c(C)c1.O=S(=O)([O-])c1cc(Cl)ccc1Cl. The third kappa shape index (κ3) is 6.65. The van der Waals surface area contributed by atoms with E-state index in [1.165, 1.54) is 43.5 Å². The van der Waals surface area contributed by atoms with Crippen molar-refractivity contribution in [3.05, 3.63) is 118 Å². The van der Waals surface area contributed by atoms with Crippen molar-refractivity contribution in [1.82, 2.24) is 0 Å². The molecule has 0 N–H and O–H groups in total. The lowest BCUT2D eigenvalue weighted by Crippen LogP contribution is -2.08. The molecule has 0 saturated heterocycles. The molecule has 176 valence electrons. The minimum atomic E-state index is -4.52. The van der Waals surface area contributed by atoms with Crippen LogP contribution in [0.1, 0.15) is 16.7 Å². The van der Waals surface area contributed by atoms with E-state index >= 15 is 0 Å². The standard InChI is InChI=1S/C21H21S.C6H4Cl2O3S/c1-16-14-17(2)21(18(3)15-16)22(19-10-6-4-7-11-19)20-12-8-5-9-13-20;7-4-1-2-5(8)6(3-4)12(9,10)11/h4-15H,1-3H3;1-3H,(H,9,10,11)/q+1;/p-1. The first-order valence-corrected chi connectivity index (χ1v) is 13.8. The molecule has 0 spiro atoms. The lowest BCUT2D eigenvalue weighted by Gasteiger charge is -2.13. The molecule has 4 aromatic rings. The number of hydrogen-bond acceptors (Lipinski definition) is 3. The highest BCUT2D eigenvalue weighted by Crippen LogP contribution is 2.35. The first kappa shape index (κ1) is 26.3. The Morgan fingerprint density at radius 3 is 1.59 bits per heavy atom. The van der Waals surface area contributed by atoms with Crippen molar-refractivity contribution in [3.63, 3.8) is 0 Å². The molecule has 0 atom stereocenters. The molecule has 7 heteroatoms. The van der Waals surface area contributed by atoms with Crippen molar-refractivity contribution >= 4 is 44.2 Å². The number of halogens is 2. The molecule has 4 aromatic carbocycles. The maximum atomic E-state index is 10.5. The smallest absolute Gasteiger partial charge is 0.172 e. The molecular formula is C27H24Cl2O3S2. The molecule has 0 radical (unpaired) electrons. The second kappa shape index (κ2) is 11.4. The summed E-state index contributed by atoms with van der Waals surface area (Å²) in [6, 6.07) is 30.0. The van der Waals surface area contributed by atoms with Gasteiger partial charge in [0.05, 0.1) is 20.8 Å². The van der Waals surface area contributed by atoms with Crippen LogP contribution in [-0.4, -0.2) is 13.0 Å². The molecule has 0 amide bonds. The molecule has 0 heterocycles. The molecule has 0 aliphatic carbocycles. The topological polar surface area (TPSA) is 57.2 Å². The van der Waals surface area contributed by atoms with Crippen LogP contribution in [0.5, 0.6) is 0 Å². The summed E-state index contributed by atoms with van der Waals surface area (Å²) in [7, 11) is -4.57. The van der Waals surface area contributed by atoms with Crippen molar-refractivity contribution < 1.29 is 13.0 Å². The van der Waals surface area contributed by atoms with Gasteiger partial charge >= 0.3 is 0 Å². The molecule has 0 aliphatic heterocycles. The van der Waals surface area contributed by atoms with Gasteiger partial charge in [0.25, 0.3) is 0 Å². The van der Waals surface area contributed by atoms with Gasteiger partial charge in [-0.3, -0.25) is 0 Å². The third-order valence-electron chi connectivity index (χ3n) is 4.93. The van der Waals surface area contributed by atoms with Crippen LogP contribution < -0.4 is 0 Å². The Hall–Kier alpha value is -2.28. The quantitative estimate of drug-likeness (QED) is 0.201. The average Bonchev–Trinajstić information content (AvgIpc) is 2.78. The molecular weight excluding hydrogens is 507 g/mol. The predicted octanol–water partition coefficient (Wildman–Crippen LogP) is 7.60. The molecule has 0 aromatic heterocycles. The predicted molar refractivity (Wildman–Crippen MR) is 140 cm³/mol. The molecule has 0 bridgehead atoms. The van der Waals surface area contributed by atoms with Crippen molar-refractivity contribution in [1.29, 1.82) is 0 Å². The minimum absolute atomic E-state index is 0.0460. The third-order valence-corrected chi connectivity index (χ3v) is 9.02. The molecule has 3 nitrogen and oxygen atoms in total. The van der Waals surface area contributed by atoms with Crippen LogP contribution in [-0.2, 0) is 21.0 Å². The van der Waals surface area contributed by atoms with E-state index in [4.69, 9.17) is 23.2 Å². The molecule has 34 heavy (non-hydrogen) atoms. The normalized spacial score (nSPS) is 11.1. The molecule has 0 saturated carbocycles. The van der Waals surface area contributed by atoms with Gasteiger partial charge in [-0.15, -0.1) is 0 Å². The maximum absolute atomic E-state index is 10.5. The number of benzene rings is 4. The second-order valence-electron chi connectivity index (χ2n) is 7.69. The fraction of sp³-hybridized carbons (Fsp3) is 0.111. The zero-order valence-corrected chi connectivity index (χ0v) is 22.1. The summed E-state index contributed by atoms with van der Waals surface area (Å²) < 4.78 is 31.5. The van der Waals surface area contributed by atoms with Gasteiger partial charge in [0.1, 0.15) is 10.1 Å². The van der Waals surface area contributed by atoms with Crippen molar-refractivity contribution in [3.8, 4) is 0 Å². The molecule has 4 rings (SSSR count). The summed E-state index contributed by atoms with van der Waals surface area (Å²) in [6.45, 7) is 6.65. The van der Waals surface area contributed by atoms with Crippen LogP contribution >= 0.6 is 23.2 Å². The number of rotatable bonds is 4. The van der Waals surface area contributed by atoms with Gasteiger partial charge in [0.15, 0.2) is 14.7 Å². The van der Waals surface area contributed by atoms with Crippen LogP contribution in [0.4, 0.5) is 0 Å². The van der Waals surface area contributed by atoms with Crippen LogP contribution in [0.25, 0.3) is 0 Å². The van der Waals surface area contributed by atoms with E-state index in [1.807, 2.05) is 0 Å². The fourth-order valence-electron chi connectivity index (χ4n) is 3.64. The molecule has 0 unspecified atom stereocenters. The largest absolute Gasteiger partial charge is 0.744 e. The highest BCUT2D eigenvalue weighted by molar-refractivity contribution is 7.97. The summed E-state index contributed by atoms with van der Waals surface area (Å²) in [5.41, 5.74) is 4.10. The summed E-state index contributed by atoms with van der Waals surface area (Å²) in [4.78, 5) is 3.73. The molecule has 0 fully saturated rings. The van der Waals surface area contributed by atoms with Crippen molar-refractivity contribution in [2.75, 3.05) is 0 Å². The zero-order valence-electron chi connectivity index (χ0n) is 19.0.